The molecule has 0 saturated heterocycles. The van der Waals surface area contributed by atoms with Crippen molar-refractivity contribution in [2.24, 2.45) is 0 Å². The number of rotatable bonds is 1. The first-order valence-corrected chi connectivity index (χ1v) is 5.41. The monoisotopic (exact) mass is 334 g/mol. The molecule has 0 saturated carbocycles. The summed E-state index contributed by atoms with van der Waals surface area (Å²) in [6, 6.07) is 0. The summed E-state index contributed by atoms with van der Waals surface area (Å²) in [4.78, 5) is 0. The Morgan fingerprint density at radius 3 is 2.88 bits per heavy atom. The average Bonchev–Trinajstić information content (AvgIpc) is 1.90. The molecule has 0 N–H and O–H groups in total. The van der Waals surface area contributed by atoms with Crippen molar-refractivity contribution in [3.63, 3.8) is 0 Å². The van der Waals surface area contributed by atoms with Crippen molar-refractivity contribution in [2.75, 3.05) is 0 Å². The van der Waals surface area contributed by atoms with Gasteiger partial charge < -0.3 is 3.07 Å². The van der Waals surface area contributed by atoms with Crippen LogP contribution in [0.5, 0.6) is 0 Å². The van der Waals surface area contributed by atoms with E-state index < -0.39 is 0 Å². The molecule has 1 aliphatic heterocycles. The molecule has 44 valence electrons. The quantitative estimate of drug-likeness (QED) is 0.670. The summed E-state index contributed by atoms with van der Waals surface area (Å²) in [7, 11) is 0. The maximum Gasteiger partial charge on any atom is 0.192 e. The highest BCUT2D eigenvalue weighted by Gasteiger charge is 1.88. The van der Waals surface area contributed by atoms with Crippen LogP contribution in [0.1, 0.15) is 0 Å². The van der Waals surface area contributed by atoms with E-state index in [1.54, 1.807) is 0 Å². The van der Waals surface area contributed by atoms with Crippen LogP contribution in [-0.2, 0) is 3.07 Å². The van der Waals surface area contributed by atoms with Gasteiger partial charge in [-0.15, -0.1) is 0 Å². The Bertz CT molecular complexity index is 158. The van der Waals surface area contributed by atoms with Crippen LogP contribution in [0, 0.1) is 0 Å². The van der Waals surface area contributed by atoms with Gasteiger partial charge in [-0.2, -0.15) is 0 Å². The van der Waals surface area contributed by atoms with Gasteiger partial charge in [-0.3, -0.25) is 0 Å². The summed E-state index contributed by atoms with van der Waals surface area (Å²) in [5, 5.41) is 0. The first-order valence-electron chi connectivity index (χ1n) is 2.04. The molecule has 0 aromatic carbocycles. The molecule has 3 heteroatoms. The molecule has 0 aliphatic carbocycles. The summed E-state index contributed by atoms with van der Waals surface area (Å²) in [5.74, 6) is 0.955. The predicted molar refractivity (Wildman–Crippen MR) is 52.4 cm³/mol. The summed E-state index contributed by atoms with van der Waals surface area (Å²) in [5.41, 5.74) is 0. The van der Waals surface area contributed by atoms with Crippen LogP contribution < -0.4 is 0 Å². The van der Waals surface area contributed by atoms with Crippen molar-refractivity contribution in [2.45, 2.75) is 0 Å². The first-order chi connectivity index (χ1) is 3.93. The van der Waals surface area contributed by atoms with Gasteiger partial charge in [-0.1, -0.05) is 20.7 Å². The normalized spacial score (nSPS) is 16.9. The van der Waals surface area contributed by atoms with E-state index in [-0.39, 0.29) is 20.7 Å². The fourth-order valence-electron chi connectivity index (χ4n) is 0.346. The van der Waals surface area contributed by atoms with Crippen LogP contribution >= 0.6 is 43.7 Å². The molecule has 8 heavy (non-hydrogen) atoms. The minimum Gasteiger partial charge on any atom is -0.428 e. The fourth-order valence-corrected chi connectivity index (χ4v) is 2.00. The third-order valence-corrected chi connectivity index (χ3v) is 2.75. The zero-order valence-corrected chi connectivity index (χ0v) is 8.29. The lowest BCUT2D eigenvalue weighted by molar-refractivity contribution is 0.590. The summed E-state index contributed by atoms with van der Waals surface area (Å²) in [6.45, 7) is 0. The van der Waals surface area contributed by atoms with Gasteiger partial charge in [0.15, 0.2) is 23.0 Å². The molecule has 0 spiro atoms. The van der Waals surface area contributed by atoms with Crippen molar-refractivity contribution in [3.8, 4) is 0 Å². The Hall–Kier alpha value is 0.610. The number of halogens is 2. The molecule has 1 rings (SSSR count). The standard InChI is InChI=1S/C5H4I2O/c6-8-5-1-3-7-4-2-5/h1-4H. The van der Waals surface area contributed by atoms with E-state index in [0.717, 1.165) is 5.76 Å². The van der Waals surface area contributed by atoms with E-state index in [1.165, 1.54) is 0 Å². The summed E-state index contributed by atoms with van der Waals surface area (Å²) >= 11 is 2.10. The first kappa shape index (κ1) is 6.73. The van der Waals surface area contributed by atoms with Crippen LogP contribution in [0.2, 0.25) is 0 Å². The Labute approximate surface area is 72.2 Å². The van der Waals surface area contributed by atoms with Crippen molar-refractivity contribution in [1.29, 1.82) is 0 Å². The third kappa shape index (κ3) is 1.85. The van der Waals surface area contributed by atoms with E-state index in [9.17, 15) is 0 Å². The summed E-state index contributed by atoms with van der Waals surface area (Å²) < 4.78 is 9.27. The van der Waals surface area contributed by atoms with E-state index in [0.29, 0.717) is 0 Å². The predicted octanol–water partition coefficient (Wildman–Crippen LogP) is 2.54. The van der Waals surface area contributed by atoms with Crippen LogP contribution in [-0.4, -0.2) is 4.01 Å². The fraction of sp³-hybridized carbons (Fsp3) is 0. The number of allylic oxidation sites excluding steroid dienone is 2. The highest BCUT2D eigenvalue weighted by Crippen LogP contribution is 2.12. The van der Waals surface area contributed by atoms with Gasteiger partial charge in [-0.05, 0) is 20.2 Å². The highest BCUT2D eigenvalue weighted by molar-refractivity contribution is 14.2. The van der Waals surface area contributed by atoms with Gasteiger partial charge >= 0.3 is 0 Å². The van der Waals surface area contributed by atoms with Crippen LogP contribution in [0.15, 0.2) is 22.0 Å². The molecule has 0 radical (unpaired) electrons. The molecule has 1 nitrogen and oxygen atoms in total. The molecule has 0 fully saturated rings. The van der Waals surface area contributed by atoms with E-state index in [4.69, 9.17) is 3.07 Å². The van der Waals surface area contributed by atoms with Crippen molar-refractivity contribution in [3.05, 3.63) is 22.0 Å². The van der Waals surface area contributed by atoms with Gasteiger partial charge in [-0.25, -0.2) is 0 Å². The van der Waals surface area contributed by atoms with Crippen LogP contribution in [0.4, 0.5) is 0 Å². The van der Waals surface area contributed by atoms with Gasteiger partial charge in [0.05, 0.1) is 0 Å². The Morgan fingerprint density at radius 1 is 1.62 bits per heavy atom. The second-order valence-corrected chi connectivity index (χ2v) is 3.79. The topological polar surface area (TPSA) is 9.23 Å². The zero-order chi connectivity index (χ0) is 5.82. The van der Waals surface area contributed by atoms with E-state index >= 15 is 0 Å². The maximum atomic E-state index is 4.92. The Balaban J connectivity index is 2.68. The highest BCUT2D eigenvalue weighted by atomic mass is 127. The number of hydrogen-bond acceptors (Lipinski definition) is 1. The minimum atomic E-state index is 0.216. The smallest absolute Gasteiger partial charge is 0.192 e. The molecule has 0 atom stereocenters. The Kier molecular flexibility index (Phi) is 3.03. The molecule has 0 bridgehead atoms. The zero-order valence-electron chi connectivity index (χ0n) is 3.97. The van der Waals surface area contributed by atoms with Crippen molar-refractivity contribution < 1.29 is 3.07 Å². The second-order valence-electron chi connectivity index (χ2n) is 1.19. The van der Waals surface area contributed by atoms with Gasteiger partial charge in [0, 0.05) is 0 Å². The van der Waals surface area contributed by atoms with E-state index in [1.807, 2.05) is 35.2 Å². The molecule has 0 aromatic heterocycles. The van der Waals surface area contributed by atoms with Gasteiger partial charge in [0.1, 0.15) is 5.76 Å². The molecular weight excluding hydrogens is 330 g/mol. The summed E-state index contributed by atoms with van der Waals surface area (Å²) in [6.07, 6.45) is 4.03. The molecule has 0 unspecified atom stereocenters. The third-order valence-electron chi connectivity index (χ3n) is 0.689. The van der Waals surface area contributed by atoms with Crippen LogP contribution in [0.25, 0.3) is 0 Å². The lowest BCUT2D eigenvalue weighted by Crippen LogP contribution is -1.76. The lowest BCUT2D eigenvalue weighted by Gasteiger charge is -1.95. The van der Waals surface area contributed by atoms with Crippen molar-refractivity contribution >= 4 is 47.7 Å². The number of hydrogen-bond donors (Lipinski definition) is 0. The van der Waals surface area contributed by atoms with Gasteiger partial charge in [0.2, 0.25) is 0 Å². The van der Waals surface area contributed by atoms with Crippen molar-refractivity contribution in [1.82, 2.24) is 0 Å². The second kappa shape index (κ2) is 3.60. The molecule has 0 aromatic rings. The Morgan fingerprint density at radius 2 is 2.50 bits per heavy atom. The SMILES string of the molecule is IOC1=CC=IC=C1. The largest absolute Gasteiger partial charge is 0.428 e. The van der Waals surface area contributed by atoms with E-state index in [2.05, 4.69) is 8.09 Å². The van der Waals surface area contributed by atoms with Crippen LogP contribution in [0.3, 0.4) is 0 Å². The molecule has 1 heterocycles. The maximum absolute atomic E-state index is 4.92. The minimum absolute atomic E-state index is 0.216. The van der Waals surface area contributed by atoms with Gasteiger partial charge in [0.25, 0.3) is 0 Å². The average molecular weight is 334 g/mol. The molecule has 0 amide bonds. The molecule has 1 aliphatic rings. The lowest BCUT2D eigenvalue weighted by atomic mass is 10.5. The molecular formula is C5H4I2O.